The predicted molar refractivity (Wildman–Crippen MR) is 82.7 cm³/mol. The van der Waals surface area contributed by atoms with Gasteiger partial charge in [-0.15, -0.1) is 0 Å². The number of nitrogens with zero attached hydrogens (tertiary/aromatic N) is 3. The van der Waals surface area contributed by atoms with Crippen LogP contribution in [0.2, 0.25) is 0 Å². The summed E-state index contributed by atoms with van der Waals surface area (Å²) in [5, 5.41) is 0. The smallest absolute Gasteiger partial charge is 0.239 e. The highest BCUT2D eigenvalue weighted by Crippen LogP contribution is 2.14. The summed E-state index contributed by atoms with van der Waals surface area (Å²) in [4.78, 5) is 19.5. The van der Waals surface area contributed by atoms with Crippen molar-refractivity contribution in [3.05, 3.63) is 0 Å². The van der Waals surface area contributed by atoms with Crippen molar-refractivity contribution in [1.82, 2.24) is 14.7 Å². The fraction of sp³-hybridized carbons (Fsp3) is 0.938. The molecule has 2 rings (SSSR count). The number of carbonyl (C=O) groups excluding carboxylic acids is 1. The highest BCUT2D eigenvalue weighted by Gasteiger charge is 2.29. The van der Waals surface area contributed by atoms with Crippen LogP contribution in [-0.2, 0) is 4.79 Å². The minimum atomic E-state index is 0.0642. The van der Waals surface area contributed by atoms with Crippen molar-refractivity contribution in [3.8, 4) is 0 Å². The van der Waals surface area contributed by atoms with Crippen LogP contribution < -0.4 is 0 Å². The van der Waals surface area contributed by atoms with Gasteiger partial charge in [0.1, 0.15) is 0 Å². The molecule has 0 saturated carbocycles. The summed E-state index contributed by atoms with van der Waals surface area (Å²) in [6.45, 7) is 14.0. The second kappa shape index (κ2) is 7.41. The molecule has 20 heavy (non-hydrogen) atoms. The highest BCUT2D eigenvalue weighted by molar-refractivity contribution is 5.81. The molecule has 0 spiro atoms. The van der Waals surface area contributed by atoms with Crippen LogP contribution in [0, 0.1) is 5.92 Å². The van der Waals surface area contributed by atoms with E-state index >= 15 is 0 Å². The molecule has 2 saturated heterocycles. The maximum absolute atomic E-state index is 12.5. The van der Waals surface area contributed by atoms with Crippen LogP contribution in [0.1, 0.15) is 40.0 Å². The predicted octanol–water partition coefficient (Wildman–Crippen LogP) is 1.66. The first-order chi connectivity index (χ1) is 9.58. The van der Waals surface area contributed by atoms with E-state index in [1.54, 1.807) is 0 Å². The molecule has 0 N–H and O–H groups in total. The summed E-state index contributed by atoms with van der Waals surface area (Å²) in [5.41, 5.74) is 0. The lowest BCUT2D eigenvalue weighted by Crippen LogP contribution is -2.55. The molecule has 2 fully saturated rings. The van der Waals surface area contributed by atoms with Crippen molar-refractivity contribution in [1.29, 1.82) is 0 Å². The Morgan fingerprint density at radius 3 is 2.05 bits per heavy atom. The summed E-state index contributed by atoms with van der Waals surface area (Å²) >= 11 is 0. The molecule has 2 aliphatic rings. The second-order valence-electron chi connectivity index (χ2n) is 6.79. The van der Waals surface area contributed by atoms with Gasteiger partial charge in [-0.25, -0.2) is 0 Å². The largest absolute Gasteiger partial charge is 0.341 e. The quantitative estimate of drug-likeness (QED) is 0.784. The highest BCUT2D eigenvalue weighted by atomic mass is 16.2. The number of carbonyl (C=O) groups is 1. The van der Waals surface area contributed by atoms with Crippen molar-refractivity contribution in [2.24, 2.45) is 5.92 Å². The summed E-state index contributed by atoms with van der Waals surface area (Å²) in [7, 11) is 0. The third-order valence-corrected chi connectivity index (χ3v) is 4.60. The maximum atomic E-state index is 12.5. The lowest BCUT2D eigenvalue weighted by Gasteiger charge is -2.40. The Balaban J connectivity index is 1.78. The molecular formula is C16H31N3O. The van der Waals surface area contributed by atoms with E-state index in [-0.39, 0.29) is 6.04 Å². The third kappa shape index (κ3) is 4.19. The van der Waals surface area contributed by atoms with Crippen LogP contribution in [0.4, 0.5) is 0 Å². The Kier molecular flexibility index (Phi) is 5.85. The van der Waals surface area contributed by atoms with E-state index in [0.717, 1.165) is 45.2 Å². The van der Waals surface area contributed by atoms with Crippen molar-refractivity contribution in [2.75, 3.05) is 45.8 Å². The van der Waals surface area contributed by atoms with Crippen molar-refractivity contribution in [3.63, 3.8) is 0 Å². The van der Waals surface area contributed by atoms with Crippen LogP contribution >= 0.6 is 0 Å². The molecule has 0 aliphatic carbocycles. The number of piperazine rings is 1. The Hall–Kier alpha value is -0.610. The van der Waals surface area contributed by atoms with Gasteiger partial charge < -0.3 is 9.80 Å². The SMILES string of the molecule is CC(C)CN1CCN(C(C)C(=O)N2CCCCC2)CC1. The molecule has 0 bridgehead atoms. The lowest BCUT2D eigenvalue weighted by molar-refractivity contribution is -0.138. The number of likely N-dealkylation sites (tertiary alicyclic amines) is 1. The zero-order valence-electron chi connectivity index (χ0n) is 13.5. The topological polar surface area (TPSA) is 26.8 Å². The number of rotatable bonds is 4. The molecular weight excluding hydrogens is 250 g/mol. The molecule has 1 unspecified atom stereocenters. The van der Waals surface area contributed by atoms with Crippen LogP contribution in [0.25, 0.3) is 0 Å². The van der Waals surface area contributed by atoms with Gasteiger partial charge in [0.05, 0.1) is 6.04 Å². The van der Waals surface area contributed by atoms with E-state index in [1.165, 1.54) is 25.8 Å². The zero-order valence-corrected chi connectivity index (χ0v) is 13.5. The van der Waals surface area contributed by atoms with Gasteiger partial charge in [0.2, 0.25) is 5.91 Å². The van der Waals surface area contributed by atoms with Gasteiger partial charge in [0.15, 0.2) is 0 Å². The molecule has 0 aromatic heterocycles. The molecule has 0 radical (unpaired) electrons. The molecule has 4 nitrogen and oxygen atoms in total. The van der Waals surface area contributed by atoms with Crippen molar-refractivity contribution in [2.45, 2.75) is 46.1 Å². The van der Waals surface area contributed by atoms with E-state index in [4.69, 9.17) is 0 Å². The summed E-state index contributed by atoms with van der Waals surface area (Å²) in [5.74, 6) is 1.08. The number of hydrogen-bond acceptors (Lipinski definition) is 3. The first kappa shape index (κ1) is 15.8. The number of amides is 1. The van der Waals surface area contributed by atoms with Gasteiger partial charge >= 0.3 is 0 Å². The van der Waals surface area contributed by atoms with E-state index < -0.39 is 0 Å². The number of hydrogen-bond donors (Lipinski definition) is 0. The Morgan fingerprint density at radius 1 is 0.900 bits per heavy atom. The van der Waals surface area contributed by atoms with Gasteiger partial charge in [0, 0.05) is 45.8 Å². The Bertz CT molecular complexity index is 305. The molecule has 2 heterocycles. The fourth-order valence-electron chi connectivity index (χ4n) is 3.38. The summed E-state index contributed by atoms with van der Waals surface area (Å²) in [6, 6.07) is 0.0642. The van der Waals surface area contributed by atoms with Crippen LogP contribution in [0.3, 0.4) is 0 Å². The van der Waals surface area contributed by atoms with Gasteiger partial charge in [-0.2, -0.15) is 0 Å². The van der Waals surface area contributed by atoms with Gasteiger partial charge in [-0.05, 0) is 32.1 Å². The normalized spacial score (nSPS) is 24.1. The second-order valence-corrected chi connectivity index (χ2v) is 6.79. The molecule has 1 atom stereocenters. The lowest BCUT2D eigenvalue weighted by atomic mass is 10.1. The molecule has 116 valence electrons. The average Bonchev–Trinajstić information content (AvgIpc) is 2.47. The minimum absolute atomic E-state index is 0.0642. The molecule has 4 heteroatoms. The zero-order chi connectivity index (χ0) is 14.5. The molecule has 1 amide bonds. The van der Waals surface area contributed by atoms with E-state index in [2.05, 4.69) is 35.5 Å². The molecule has 0 aromatic rings. The standard InChI is InChI=1S/C16H31N3O/c1-14(2)13-17-9-11-18(12-10-17)15(3)16(20)19-7-5-4-6-8-19/h14-15H,4-13H2,1-3H3. The number of piperidine rings is 1. The van der Waals surface area contributed by atoms with Crippen molar-refractivity contribution >= 4 is 5.91 Å². The first-order valence-corrected chi connectivity index (χ1v) is 8.33. The first-order valence-electron chi connectivity index (χ1n) is 8.33. The average molecular weight is 281 g/mol. The van der Waals surface area contributed by atoms with Crippen molar-refractivity contribution < 1.29 is 4.79 Å². The van der Waals surface area contributed by atoms with Crippen LogP contribution in [0.15, 0.2) is 0 Å². The minimum Gasteiger partial charge on any atom is -0.341 e. The fourth-order valence-corrected chi connectivity index (χ4v) is 3.38. The molecule has 0 aromatic carbocycles. The van der Waals surface area contributed by atoms with Gasteiger partial charge in [0.25, 0.3) is 0 Å². The maximum Gasteiger partial charge on any atom is 0.239 e. The van der Waals surface area contributed by atoms with E-state index in [9.17, 15) is 4.79 Å². The summed E-state index contributed by atoms with van der Waals surface area (Å²) < 4.78 is 0. The Morgan fingerprint density at radius 2 is 1.50 bits per heavy atom. The monoisotopic (exact) mass is 281 g/mol. The van der Waals surface area contributed by atoms with Crippen LogP contribution in [0.5, 0.6) is 0 Å². The van der Waals surface area contributed by atoms with Gasteiger partial charge in [-0.3, -0.25) is 9.69 Å². The summed E-state index contributed by atoms with van der Waals surface area (Å²) in [6.07, 6.45) is 3.65. The molecule has 2 aliphatic heterocycles. The van der Waals surface area contributed by atoms with E-state index in [1.807, 2.05) is 0 Å². The van der Waals surface area contributed by atoms with Crippen LogP contribution in [-0.4, -0.2) is 72.5 Å². The van der Waals surface area contributed by atoms with Gasteiger partial charge in [-0.1, -0.05) is 13.8 Å². The third-order valence-electron chi connectivity index (χ3n) is 4.60. The Labute approximate surface area is 124 Å². The van der Waals surface area contributed by atoms with E-state index in [0.29, 0.717) is 5.91 Å².